The summed E-state index contributed by atoms with van der Waals surface area (Å²) >= 11 is -0.314. The van der Waals surface area contributed by atoms with Gasteiger partial charge in [0, 0.05) is 0 Å². The molecule has 0 amide bonds. The van der Waals surface area contributed by atoms with E-state index in [9.17, 15) is 10.1 Å². The summed E-state index contributed by atoms with van der Waals surface area (Å²) < 4.78 is 10.5. The summed E-state index contributed by atoms with van der Waals surface area (Å²) in [5.74, 6) is 0.255. The van der Waals surface area contributed by atoms with Gasteiger partial charge in [-0.25, -0.2) is 0 Å². The van der Waals surface area contributed by atoms with E-state index in [4.69, 9.17) is 4.74 Å². The SMILES string of the molecule is COc1ccc(C(c2[se]nnc2-c2ccc(-c3ccccc3)cc2)C(C)(C)[N+](=O)[O-])cc1. The fourth-order valence-electron chi connectivity index (χ4n) is 3.82. The zero-order valence-electron chi connectivity index (χ0n) is 18.1. The molecule has 0 aliphatic heterocycles. The fourth-order valence-corrected chi connectivity index (χ4v) is 5.89. The van der Waals surface area contributed by atoms with E-state index in [1.807, 2.05) is 54.6 Å². The minimum absolute atomic E-state index is 0.209. The van der Waals surface area contributed by atoms with Gasteiger partial charge < -0.3 is 0 Å². The molecule has 7 heteroatoms. The van der Waals surface area contributed by atoms with Gasteiger partial charge in [0.1, 0.15) is 0 Å². The van der Waals surface area contributed by atoms with Crippen molar-refractivity contribution in [3.63, 3.8) is 0 Å². The summed E-state index contributed by atoms with van der Waals surface area (Å²) in [6.45, 7) is 3.33. The van der Waals surface area contributed by atoms with Gasteiger partial charge in [0.25, 0.3) is 0 Å². The molecule has 3 aromatic carbocycles. The van der Waals surface area contributed by atoms with Crippen LogP contribution in [0.15, 0.2) is 78.9 Å². The van der Waals surface area contributed by atoms with Gasteiger partial charge in [-0.05, 0) is 0 Å². The summed E-state index contributed by atoms with van der Waals surface area (Å²) in [5.41, 5.74) is 3.53. The molecule has 32 heavy (non-hydrogen) atoms. The molecule has 0 saturated carbocycles. The second-order valence-electron chi connectivity index (χ2n) is 8.05. The van der Waals surface area contributed by atoms with Crippen LogP contribution < -0.4 is 4.74 Å². The third-order valence-corrected chi connectivity index (χ3v) is 7.32. The van der Waals surface area contributed by atoms with Gasteiger partial charge in [-0.15, -0.1) is 0 Å². The predicted molar refractivity (Wildman–Crippen MR) is 126 cm³/mol. The van der Waals surface area contributed by atoms with Gasteiger partial charge >= 0.3 is 193 Å². The van der Waals surface area contributed by atoms with Crippen molar-refractivity contribution in [1.82, 2.24) is 9.19 Å². The summed E-state index contributed by atoms with van der Waals surface area (Å²) in [7, 11) is 1.60. The predicted octanol–water partition coefficient (Wildman–Crippen LogP) is 5.06. The molecule has 1 atom stereocenters. The summed E-state index contributed by atoms with van der Waals surface area (Å²) in [5, 5.41) is 16.5. The molecular weight excluding hydrogens is 469 g/mol. The first-order chi connectivity index (χ1) is 15.4. The van der Waals surface area contributed by atoms with Crippen molar-refractivity contribution < 1.29 is 9.66 Å². The van der Waals surface area contributed by atoms with Gasteiger partial charge in [0.15, 0.2) is 0 Å². The molecule has 0 fully saturated rings. The molecule has 0 saturated heterocycles. The van der Waals surface area contributed by atoms with E-state index in [0.29, 0.717) is 5.75 Å². The molecule has 0 spiro atoms. The van der Waals surface area contributed by atoms with Crippen LogP contribution in [0.5, 0.6) is 5.75 Å². The maximum atomic E-state index is 12.1. The number of hydrogen-bond acceptors (Lipinski definition) is 5. The molecular formula is C25H23N3O3Se. The Balaban J connectivity index is 1.78. The number of nitrogens with zero attached hydrogens (tertiary/aromatic N) is 3. The fraction of sp³-hybridized carbons (Fsp3) is 0.200. The van der Waals surface area contributed by atoms with E-state index in [2.05, 4.69) is 33.5 Å². The average molecular weight is 492 g/mol. The van der Waals surface area contributed by atoms with Gasteiger partial charge in [-0.2, -0.15) is 0 Å². The summed E-state index contributed by atoms with van der Waals surface area (Å²) in [6.07, 6.45) is 0. The zero-order chi connectivity index (χ0) is 22.7. The molecule has 1 aromatic heterocycles. The minimum atomic E-state index is -1.23. The zero-order valence-corrected chi connectivity index (χ0v) is 19.8. The Morgan fingerprint density at radius 3 is 2.09 bits per heavy atom. The first-order valence-corrected chi connectivity index (χ1v) is 11.8. The van der Waals surface area contributed by atoms with Crippen molar-refractivity contribution in [2.24, 2.45) is 0 Å². The summed E-state index contributed by atoms with van der Waals surface area (Å²) in [6, 6.07) is 25.7. The molecule has 0 radical (unpaired) electrons. The van der Waals surface area contributed by atoms with Gasteiger partial charge in [-0.3, -0.25) is 0 Å². The Kier molecular flexibility index (Phi) is 6.21. The number of ether oxygens (including phenoxy) is 1. The van der Waals surface area contributed by atoms with Crippen LogP contribution in [0.4, 0.5) is 0 Å². The van der Waals surface area contributed by atoms with E-state index >= 15 is 0 Å². The van der Waals surface area contributed by atoms with Gasteiger partial charge in [-0.1, -0.05) is 0 Å². The average Bonchev–Trinajstić information content (AvgIpc) is 3.29. The quantitative estimate of drug-likeness (QED) is 0.205. The third kappa shape index (κ3) is 4.22. The van der Waals surface area contributed by atoms with Crippen molar-refractivity contribution in [3.05, 3.63) is 99.0 Å². The first kappa shape index (κ1) is 21.9. The van der Waals surface area contributed by atoms with Crippen LogP contribution in [-0.4, -0.2) is 41.5 Å². The van der Waals surface area contributed by atoms with Crippen molar-refractivity contribution in [2.45, 2.75) is 25.3 Å². The second kappa shape index (κ2) is 9.07. The first-order valence-electron chi connectivity index (χ1n) is 10.2. The van der Waals surface area contributed by atoms with Crippen molar-refractivity contribution in [3.8, 4) is 28.1 Å². The monoisotopic (exact) mass is 493 g/mol. The Hall–Kier alpha value is -3.28. The van der Waals surface area contributed by atoms with Gasteiger partial charge in [0.2, 0.25) is 0 Å². The van der Waals surface area contributed by atoms with Crippen LogP contribution in [0.2, 0.25) is 0 Å². The van der Waals surface area contributed by atoms with Crippen LogP contribution in [-0.2, 0) is 0 Å². The number of aromatic nitrogens is 2. The molecule has 0 N–H and O–H groups in total. The molecule has 0 bridgehead atoms. The molecule has 1 heterocycles. The van der Waals surface area contributed by atoms with E-state index in [0.717, 1.165) is 32.4 Å². The molecule has 0 aliphatic rings. The van der Waals surface area contributed by atoms with Crippen molar-refractivity contribution >= 4 is 14.7 Å². The topological polar surface area (TPSA) is 78.2 Å². The molecule has 1 unspecified atom stereocenters. The molecule has 162 valence electrons. The number of methoxy groups -OCH3 is 1. The van der Waals surface area contributed by atoms with Crippen molar-refractivity contribution in [2.75, 3.05) is 7.11 Å². The Labute approximate surface area is 193 Å². The normalized spacial score (nSPS) is 12.3. The summed E-state index contributed by atoms with van der Waals surface area (Å²) in [4.78, 5) is 11.9. The second-order valence-corrected chi connectivity index (χ2v) is 9.69. The van der Waals surface area contributed by atoms with E-state index in [1.54, 1.807) is 21.0 Å². The van der Waals surface area contributed by atoms with Crippen LogP contribution in [0, 0.1) is 10.1 Å². The molecule has 6 nitrogen and oxygen atoms in total. The number of rotatable bonds is 7. The molecule has 4 aromatic rings. The Morgan fingerprint density at radius 2 is 1.50 bits per heavy atom. The Morgan fingerprint density at radius 1 is 0.906 bits per heavy atom. The van der Waals surface area contributed by atoms with E-state index in [-0.39, 0.29) is 19.7 Å². The number of benzene rings is 3. The molecule has 0 aliphatic carbocycles. The standard InChI is InChI=1S/C25H23N3O3Se/c1-25(2,28(29)30)22(19-13-15-21(31-3)16-14-19)24-23(26-27-32-24)20-11-9-18(10-12-20)17-7-5-4-6-8-17/h4-16,22H,1-3H3. The van der Waals surface area contributed by atoms with Crippen LogP contribution in [0.1, 0.15) is 29.8 Å². The van der Waals surface area contributed by atoms with Crippen LogP contribution in [0.25, 0.3) is 22.4 Å². The third-order valence-electron chi connectivity index (χ3n) is 5.67. The van der Waals surface area contributed by atoms with E-state index in [1.165, 1.54) is 0 Å². The number of hydrogen-bond donors (Lipinski definition) is 0. The van der Waals surface area contributed by atoms with Crippen LogP contribution >= 0.6 is 0 Å². The van der Waals surface area contributed by atoms with Gasteiger partial charge in [0.05, 0.1) is 0 Å². The maximum absolute atomic E-state index is 12.1. The number of nitro groups is 1. The van der Waals surface area contributed by atoms with Crippen LogP contribution in [0.3, 0.4) is 0 Å². The Bertz CT molecular complexity index is 1200. The van der Waals surface area contributed by atoms with E-state index < -0.39 is 11.5 Å². The molecule has 4 rings (SSSR count). The van der Waals surface area contributed by atoms with Crippen molar-refractivity contribution in [1.29, 1.82) is 0 Å².